The number of amides is 2. The molecule has 2 aliphatic rings. The van der Waals surface area contributed by atoms with Crippen LogP contribution in [0.25, 0.3) is 6.08 Å². The van der Waals surface area contributed by atoms with Gasteiger partial charge in [-0.25, -0.2) is 4.90 Å². The Labute approximate surface area is 135 Å². The average Bonchev–Trinajstić information content (AvgIpc) is 2.86. The van der Waals surface area contributed by atoms with Gasteiger partial charge in [0.05, 0.1) is 16.8 Å². The summed E-state index contributed by atoms with van der Waals surface area (Å²) in [6, 6.07) is 11.3. The number of anilines is 1. The minimum atomic E-state index is -0.200. The molecule has 0 N–H and O–H groups in total. The number of nitrogens with zero attached hydrogens (tertiary/aromatic N) is 1. The average molecular weight is 303 g/mol. The highest BCUT2D eigenvalue weighted by atomic mass is 16.2. The molecule has 114 valence electrons. The fraction of sp³-hybridized carbons (Fsp3) is 0.200. The van der Waals surface area contributed by atoms with Gasteiger partial charge in [-0.2, -0.15) is 0 Å². The van der Waals surface area contributed by atoms with E-state index < -0.39 is 0 Å². The second kappa shape index (κ2) is 5.20. The Hall–Kier alpha value is -2.68. The first-order chi connectivity index (χ1) is 11.2. The molecule has 3 heteroatoms. The number of aryl methyl sites for hydroxylation is 2. The van der Waals surface area contributed by atoms with Crippen molar-refractivity contribution >= 4 is 23.6 Å². The summed E-state index contributed by atoms with van der Waals surface area (Å²) in [4.78, 5) is 27.3. The Kier molecular flexibility index (Phi) is 3.15. The van der Waals surface area contributed by atoms with E-state index in [0.717, 1.165) is 30.4 Å². The van der Waals surface area contributed by atoms with E-state index in [0.29, 0.717) is 16.8 Å². The van der Waals surface area contributed by atoms with Crippen LogP contribution in [0.2, 0.25) is 0 Å². The van der Waals surface area contributed by atoms with Crippen molar-refractivity contribution in [3.05, 3.63) is 70.3 Å². The Morgan fingerprint density at radius 1 is 1.04 bits per heavy atom. The number of benzene rings is 2. The van der Waals surface area contributed by atoms with E-state index in [-0.39, 0.29) is 11.8 Å². The zero-order valence-corrected chi connectivity index (χ0v) is 13.0. The summed E-state index contributed by atoms with van der Waals surface area (Å²) in [5.41, 5.74) is 4.90. The predicted octanol–water partition coefficient (Wildman–Crippen LogP) is 4.01. The highest BCUT2D eigenvalue weighted by molar-refractivity contribution is 6.36. The van der Waals surface area contributed by atoms with E-state index in [9.17, 15) is 9.59 Å². The zero-order chi connectivity index (χ0) is 16.0. The van der Waals surface area contributed by atoms with Gasteiger partial charge in [0.15, 0.2) is 0 Å². The molecule has 0 saturated heterocycles. The number of imide groups is 1. The summed E-state index contributed by atoms with van der Waals surface area (Å²) in [7, 11) is 0. The molecule has 1 aliphatic heterocycles. The van der Waals surface area contributed by atoms with Gasteiger partial charge in [0.25, 0.3) is 11.8 Å². The van der Waals surface area contributed by atoms with Crippen molar-refractivity contribution in [2.75, 3.05) is 4.90 Å². The molecule has 0 unspecified atom stereocenters. The topological polar surface area (TPSA) is 37.4 Å². The van der Waals surface area contributed by atoms with Crippen LogP contribution in [-0.2, 0) is 12.8 Å². The largest absolute Gasteiger partial charge is 0.268 e. The van der Waals surface area contributed by atoms with Crippen LogP contribution in [0.15, 0.2) is 42.5 Å². The van der Waals surface area contributed by atoms with Crippen molar-refractivity contribution in [3.63, 3.8) is 0 Å². The predicted molar refractivity (Wildman–Crippen MR) is 90.8 cm³/mol. The molecule has 0 atom stereocenters. The highest BCUT2D eigenvalue weighted by Gasteiger charge is 2.40. The second-order valence-electron chi connectivity index (χ2n) is 5.93. The van der Waals surface area contributed by atoms with Crippen molar-refractivity contribution in [2.24, 2.45) is 0 Å². The lowest BCUT2D eigenvalue weighted by molar-refractivity contribution is 0.0926. The quantitative estimate of drug-likeness (QED) is 0.786. The SMILES string of the molecule is CCc1cc2c(c3c1C(=O)N(c1ccccc1)C3=O)C=CCC2. The number of fused-ring (bicyclic) bond motifs is 3. The van der Waals surface area contributed by atoms with E-state index >= 15 is 0 Å². The van der Waals surface area contributed by atoms with Gasteiger partial charge < -0.3 is 0 Å². The molecule has 3 nitrogen and oxygen atoms in total. The Morgan fingerprint density at radius 2 is 1.78 bits per heavy atom. The molecule has 2 aromatic rings. The first kappa shape index (κ1) is 13.9. The van der Waals surface area contributed by atoms with Gasteiger partial charge in [0, 0.05) is 0 Å². The van der Waals surface area contributed by atoms with Crippen molar-refractivity contribution in [2.45, 2.75) is 26.2 Å². The second-order valence-corrected chi connectivity index (χ2v) is 5.93. The molecular formula is C20H17NO2. The van der Waals surface area contributed by atoms with Crippen LogP contribution in [-0.4, -0.2) is 11.8 Å². The van der Waals surface area contributed by atoms with Gasteiger partial charge >= 0.3 is 0 Å². The monoisotopic (exact) mass is 303 g/mol. The lowest BCUT2D eigenvalue weighted by Crippen LogP contribution is -2.29. The number of carbonyl (C=O) groups is 2. The fourth-order valence-corrected chi connectivity index (χ4v) is 3.53. The highest BCUT2D eigenvalue weighted by Crippen LogP contribution is 2.37. The van der Waals surface area contributed by atoms with Crippen molar-refractivity contribution < 1.29 is 9.59 Å². The first-order valence-corrected chi connectivity index (χ1v) is 8.01. The number of hydrogen-bond donors (Lipinski definition) is 0. The molecule has 0 aromatic heterocycles. The van der Waals surface area contributed by atoms with Crippen molar-refractivity contribution in [3.8, 4) is 0 Å². The molecule has 0 spiro atoms. The fourth-order valence-electron chi connectivity index (χ4n) is 3.53. The van der Waals surface area contributed by atoms with Gasteiger partial charge in [-0.05, 0) is 48.1 Å². The standard InChI is InChI=1S/C20H17NO2/c1-2-13-12-14-8-6-7-11-16(14)18-17(13)19(22)21(20(18)23)15-9-4-3-5-10-15/h3-5,7,9-12H,2,6,8H2,1H3. The summed E-state index contributed by atoms with van der Waals surface area (Å²) in [6.45, 7) is 2.03. The molecule has 0 radical (unpaired) electrons. The summed E-state index contributed by atoms with van der Waals surface area (Å²) >= 11 is 0. The van der Waals surface area contributed by atoms with E-state index in [1.54, 1.807) is 12.1 Å². The van der Waals surface area contributed by atoms with Crippen LogP contribution >= 0.6 is 0 Å². The molecule has 0 fully saturated rings. The summed E-state index contributed by atoms with van der Waals surface area (Å²) in [5.74, 6) is -0.399. The number of hydrogen-bond acceptors (Lipinski definition) is 2. The first-order valence-electron chi connectivity index (χ1n) is 8.01. The molecule has 1 heterocycles. The Balaban J connectivity index is 1.96. The third-order valence-electron chi connectivity index (χ3n) is 4.63. The lowest BCUT2D eigenvalue weighted by atomic mass is 9.87. The zero-order valence-electron chi connectivity index (χ0n) is 13.0. The number of rotatable bonds is 2. The van der Waals surface area contributed by atoms with Gasteiger partial charge in [-0.1, -0.05) is 43.3 Å². The van der Waals surface area contributed by atoms with Crippen LogP contribution in [0.3, 0.4) is 0 Å². The molecular weight excluding hydrogens is 286 g/mol. The van der Waals surface area contributed by atoms with Crippen molar-refractivity contribution in [1.29, 1.82) is 0 Å². The van der Waals surface area contributed by atoms with Crippen LogP contribution in [0.4, 0.5) is 5.69 Å². The summed E-state index contributed by atoms with van der Waals surface area (Å²) in [6.07, 6.45) is 6.74. The van der Waals surface area contributed by atoms with Gasteiger partial charge in [0.2, 0.25) is 0 Å². The van der Waals surface area contributed by atoms with E-state index in [1.165, 1.54) is 10.5 Å². The molecule has 2 amide bonds. The number of para-hydroxylation sites is 1. The maximum absolute atomic E-state index is 13.0. The van der Waals surface area contributed by atoms with Gasteiger partial charge in [-0.3, -0.25) is 9.59 Å². The van der Waals surface area contributed by atoms with E-state index in [1.807, 2.05) is 31.2 Å². The maximum atomic E-state index is 13.0. The maximum Gasteiger partial charge on any atom is 0.266 e. The third-order valence-corrected chi connectivity index (χ3v) is 4.63. The molecule has 23 heavy (non-hydrogen) atoms. The van der Waals surface area contributed by atoms with E-state index in [4.69, 9.17) is 0 Å². The Bertz CT molecular complexity index is 850. The normalized spacial score (nSPS) is 15.8. The smallest absolute Gasteiger partial charge is 0.266 e. The minimum absolute atomic E-state index is 0.199. The third kappa shape index (κ3) is 1.96. The molecule has 0 bridgehead atoms. The van der Waals surface area contributed by atoms with Crippen LogP contribution < -0.4 is 4.90 Å². The summed E-state index contributed by atoms with van der Waals surface area (Å²) in [5, 5.41) is 0. The Morgan fingerprint density at radius 3 is 2.52 bits per heavy atom. The molecule has 0 saturated carbocycles. The van der Waals surface area contributed by atoms with Gasteiger partial charge in [-0.15, -0.1) is 0 Å². The summed E-state index contributed by atoms with van der Waals surface area (Å²) < 4.78 is 0. The van der Waals surface area contributed by atoms with Crippen LogP contribution in [0.5, 0.6) is 0 Å². The molecule has 4 rings (SSSR count). The van der Waals surface area contributed by atoms with Crippen LogP contribution in [0.1, 0.15) is 50.8 Å². The van der Waals surface area contributed by atoms with E-state index in [2.05, 4.69) is 12.1 Å². The van der Waals surface area contributed by atoms with Crippen LogP contribution in [0, 0.1) is 0 Å². The lowest BCUT2D eigenvalue weighted by Gasteiger charge is -2.15. The molecule has 2 aromatic carbocycles. The molecule has 1 aliphatic carbocycles. The van der Waals surface area contributed by atoms with Crippen molar-refractivity contribution in [1.82, 2.24) is 0 Å². The number of allylic oxidation sites excluding steroid dienone is 1. The minimum Gasteiger partial charge on any atom is -0.268 e. The number of carbonyl (C=O) groups excluding carboxylic acids is 2. The van der Waals surface area contributed by atoms with Gasteiger partial charge in [0.1, 0.15) is 0 Å².